The summed E-state index contributed by atoms with van der Waals surface area (Å²) in [7, 11) is 0. The predicted octanol–water partition coefficient (Wildman–Crippen LogP) is 2.59. The summed E-state index contributed by atoms with van der Waals surface area (Å²) in [4.78, 5) is 24.1. The van der Waals surface area contributed by atoms with E-state index >= 15 is 0 Å². The number of benzene rings is 1. The highest BCUT2D eigenvalue weighted by Gasteiger charge is 2.21. The van der Waals surface area contributed by atoms with Gasteiger partial charge < -0.3 is 23.9 Å². The van der Waals surface area contributed by atoms with Crippen molar-refractivity contribution in [3.63, 3.8) is 0 Å². The summed E-state index contributed by atoms with van der Waals surface area (Å²) in [6.45, 7) is 5.03. The normalized spacial score (nSPS) is 16.6. The SMILES string of the molecule is CCOc1ccc2oc(C(=O)OCC(=O)NCC3CCCO3)c(C)c2c1. The first-order chi connectivity index (χ1) is 12.6. The standard InChI is InChI=1S/C19H23NO6/c1-3-23-13-6-7-16-15(9-13)12(2)18(26-16)19(22)25-11-17(21)20-10-14-5-4-8-24-14/h6-7,9,14H,3-5,8,10-11H2,1-2H3,(H,20,21). The van der Waals surface area contributed by atoms with E-state index in [4.69, 9.17) is 18.6 Å². The number of hydrogen-bond donors (Lipinski definition) is 1. The number of nitrogens with one attached hydrogen (secondary N) is 1. The number of fused-ring (bicyclic) bond motifs is 1. The smallest absolute Gasteiger partial charge is 0.375 e. The Morgan fingerprint density at radius 1 is 1.35 bits per heavy atom. The zero-order valence-corrected chi connectivity index (χ0v) is 15.0. The van der Waals surface area contributed by atoms with Gasteiger partial charge in [-0.05, 0) is 44.9 Å². The second-order valence-corrected chi connectivity index (χ2v) is 6.16. The summed E-state index contributed by atoms with van der Waals surface area (Å²) in [5, 5.41) is 3.49. The van der Waals surface area contributed by atoms with Crippen molar-refractivity contribution in [1.82, 2.24) is 5.32 Å². The summed E-state index contributed by atoms with van der Waals surface area (Å²) in [5.74, 6) is -0.219. The minimum Gasteiger partial charge on any atom is -0.494 e. The van der Waals surface area contributed by atoms with Gasteiger partial charge >= 0.3 is 5.97 Å². The lowest BCUT2D eigenvalue weighted by atomic mass is 10.1. The van der Waals surface area contributed by atoms with Crippen molar-refractivity contribution in [1.29, 1.82) is 0 Å². The number of esters is 1. The van der Waals surface area contributed by atoms with Crippen LogP contribution in [0.3, 0.4) is 0 Å². The Hall–Kier alpha value is -2.54. The van der Waals surface area contributed by atoms with E-state index in [0.717, 1.165) is 24.8 Å². The average Bonchev–Trinajstić information content (AvgIpc) is 3.27. The van der Waals surface area contributed by atoms with E-state index in [1.807, 2.05) is 13.0 Å². The van der Waals surface area contributed by atoms with E-state index in [9.17, 15) is 9.59 Å². The number of hydrogen-bond acceptors (Lipinski definition) is 6. The predicted molar refractivity (Wildman–Crippen MR) is 94.4 cm³/mol. The molecule has 1 saturated heterocycles. The maximum Gasteiger partial charge on any atom is 0.375 e. The van der Waals surface area contributed by atoms with Gasteiger partial charge in [0.05, 0.1) is 12.7 Å². The van der Waals surface area contributed by atoms with Crippen LogP contribution in [0.2, 0.25) is 0 Å². The summed E-state index contributed by atoms with van der Waals surface area (Å²) < 4.78 is 21.6. The van der Waals surface area contributed by atoms with Crippen molar-refractivity contribution in [2.24, 2.45) is 0 Å². The fourth-order valence-electron chi connectivity index (χ4n) is 2.93. The summed E-state index contributed by atoms with van der Waals surface area (Å²) in [6, 6.07) is 5.35. The van der Waals surface area contributed by atoms with Crippen LogP contribution in [-0.4, -0.2) is 44.3 Å². The molecule has 2 heterocycles. The minimum atomic E-state index is -0.663. The van der Waals surface area contributed by atoms with Gasteiger partial charge in [-0.15, -0.1) is 0 Å². The molecule has 0 bridgehead atoms. The molecule has 1 atom stereocenters. The Balaban J connectivity index is 1.58. The molecule has 2 aromatic rings. The monoisotopic (exact) mass is 361 g/mol. The van der Waals surface area contributed by atoms with Gasteiger partial charge in [0, 0.05) is 24.1 Å². The fraction of sp³-hybridized carbons (Fsp3) is 0.474. The summed E-state index contributed by atoms with van der Waals surface area (Å²) in [5.41, 5.74) is 1.23. The number of rotatable bonds is 7. The topological polar surface area (TPSA) is 87.0 Å². The Morgan fingerprint density at radius 2 is 2.19 bits per heavy atom. The van der Waals surface area contributed by atoms with E-state index in [1.54, 1.807) is 19.1 Å². The molecule has 1 aliphatic heterocycles. The zero-order valence-electron chi connectivity index (χ0n) is 15.0. The van der Waals surface area contributed by atoms with E-state index in [0.29, 0.717) is 30.0 Å². The molecule has 1 fully saturated rings. The number of ether oxygens (including phenoxy) is 3. The maximum absolute atomic E-state index is 12.3. The third kappa shape index (κ3) is 4.16. The molecule has 1 amide bonds. The van der Waals surface area contributed by atoms with Crippen molar-refractivity contribution >= 4 is 22.8 Å². The van der Waals surface area contributed by atoms with Gasteiger partial charge in [0.2, 0.25) is 5.76 Å². The fourth-order valence-corrected chi connectivity index (χ4v) is 2.93. The molecule has 0 saturated carbocycles. The second kappa shape index (κ2) is 8.23. The molecule has 26 heavy (non-hydrogen) atoms. The van der Waals surface area contributed by atoms with E-state index < -0.39 is 5.97 Å². The van der Waals surface area contributed by atoms with Gasteiger partial charge in [0.15, 0.2) is 6.61 Å². The van der Waals surface area contributed by atoms with Crippen LogP contribution in [0.15, 0.2) is 22.6 Å². The van der Waals surface area contributed by atoms with Gasteiger partial charge in [-0.1, -0.05) is 0 Å². The largest absolute Gasteiger partial charge is 0.494 e. The molecule has 0 spiro atoms. The van der Waals surface area contributed by atoms with Crippen LogP contribution in [0.1, 0.15) is 35.9 Å². The molecule has 3 rings (SSSR count). The number of furan rings is 1. The number of carbonyl (C=O) groups is 2. The lowest BCUT2D eigenvalue weighted by molar-refractivity contribution is -0.124. The van der Waals surface area contributed by atoms with Gasteiger partial charge in [-0.3, -0.25) is 4.79 Å². The summed E-state index contributed by atoms with van der Waals surface area (Å²) >= 11 is 0. The molecular weight excluding hydrogens is 338 g/mol. The van der Waals surface area contributed by atoms with Crippen LogP contribution in [0, 0.1) is 6.92 Å². The van der Waals surface area contributed by atoms with Crippen molar-refractivity contribution in [3.8, 4) is 5.75 Å². The summed E-state index contributed by atoms with van der Waals surface area (Å²) in [6.07, 6.45) is 1.99. The lowest BCUT2D eigenvalue weighted by Crippen LogP contribution is -2.34. The molecule has 1 aliphatic rings. The molecular formula is C19H23NO6. The molecule has 140 valence electrons. The highest BCUT2D eigenvalue weighted by Crippen LogP contribution is 2.29. The quantitative estimate of drug-likeness (QED) is 0.763. The van der Waals surface area contributed by atoms with Gasteiger partial charge in [-0.25, -0.2) is 4.79 Å². The molecule has 7 nitrogen and oxygen atoms in total. The van der Waals surface area contributed by atoms with Crippen molar-refractivity contribution in [3.05, 3.63) is 29.5 Å². The molecule has 0 aliphatic carbocycles. The van der Waals surface area contributed by atoms with Crippen molar-refractivity contribution in [2.45, 2.75) is 32.8 Å². The van der Waals surface area contributed by atoms with Crippen molar-refractivity contribution < 1.29 is 28.2 Å². The van der Waals surface area contributed by atoms with Crippen LogP contribution in [-0.2, 0) is 14.3 Å². The Morgan fingerprint density at radius 3 is 2.92 bits per heavy atom. The van der Waals surface area contributed by atoms with E-state index in [-0.39, 0.29) is 24.4 Å². The lowest BCUT2D eigenvalue weighted by Gasteiger charge is -2.10. The molecule has 7 heteroatoms. The molecule has 1 unspecified atom stereocenters. The van der Waals surface area contributed by atoms with Gasteiger partial charge in [0.25, 0.3) is 5.91 Å². The van der Waals surface area contributed by atoms with E-state index in [1.165, 1.54) is 0 Å². The third-order valence-corrected chi connectivity index (χ3v) is 4.29. The average molecular weight is 361 g/mol. The first-order valence-electron chi connectivity index (χ1n) is 8.80. The molecule has 1 aromatic carbocycles. The minimum absolute atomic E-state index is 0.0480. The van der Waals surface area contributed by atoms with Crippen LogP contribution in [0.4, 0.5) is 0 Å². The van der Waals surface area contributed by atoms with Crippen molar-refractivity contribution in [2.75, 3.05) is 26.4 Å². The Kier molecular flexibility index (Phi) is 5.78. The van der Waals surface area contributed by atoms with Crippen LogP contribution in [0.5, 0.6) is 5.75 Å². The number of amides is 1. The van der Waals surface area contributed by atoms with Crippen LogP contribution >= 0.6 is 0 Å². The first kappa shape index (κ1) is 18.3. The zero-order chi connectivity index (χ0) is 18.5. The molecule has 0 radical (unpaired) electrons. The maximum atomic E-state index is 12.3. The van der Waals surface area contributed by atoms with Gasteiger partial charge in [-0.2, -0.15) is 0 Å². The highest BCUT2D eigenvalue weighted by atomic mass is 16.5. The molecule has 1 aromatic heterocycles. The number of aryl methyl sites for hydroxylation is 1. The highest BCUT2D eigenvalue weighted by molar-refractivity contribution is 5.97. The Bertz CT molecular complexity index is 791. The first-order valence-corrected chi connectivity index (χ1v) is 8.80. The Labute approximate surface area is 151 Å². The number of carbonyl (C=O) groups excluding carboxylic acids is 2. The third-order valence-electron chi connectivity index (χ3n) is 4.29. The van der Waals surface area contributed by atoms with Gasteiger partial charge in [0.1, 0.15) is 11.3 Å². The molecule has 1 N–H and O–H groups in total. The van der Waals surface area contributed by atoms with E-state index in [2.05, 4.69) is 5.32 Å². The second-order valence-electron chi connectivity index (χ2n) is 6.16. The van der Waals surface area contributed by atoms with Crippen LogP contribution < -0.4 is 10.1 Å². The van der Waals surface area contributed by atoms with Crippen LogP contribution in [0.25, 0.3) is 11.0 Å².